The van der Waals surface area contributed by atoms with E-state index in [-0.39, 0.29) is 22.3 Å². The van der Waals surface area contributed by atoms with Crippen molar-refractivity contribution in [2.24, 2.45) is 0 Å². The van der Waals surface area contributed by atoms with Crippen LogP contribution in [-0.2, 0) is 11.2 Å². The first-order valence-electron chi connectivity index (χ1n) is 6.88. The topological polar surface area (TPSA) is 68.3 Å². The Labute approximate surface area is 147 Å². The molecule has 0 fully saturated rings. The molecule has 2 aromatic rings. The first kappa shape index (κ1) is 17.7. The molecule has 0 unspecified atom stereocenters. The van der Waals surface area contributed by atoms with Crippen LogP contribution in [-0.4, -0.2) is 23.5 Å². The summed E-state index contributed by atoms with van der Waals surface area (Å²) in [7, 11) is 0. The monoisotopic (exact) mass is 372 g/mol. The molecule has 0 aliphatic heterocycles. The first-order valence-corrected chi connectivity index (χ1v) is 8.45. The molecule has 0 saturated heterocycles. The standard InChI is InChI=1S/C15H14Cl2N2O3S/c1-3-9-6-10(15(21)22-4-2)14(23-9)19-13(20)8-5-11(16)12(17)18-7-8/h5-7H,3-4H2,1-2H3,(H,19,20). The van der Waals surface area contributed by atoms with Gasteiger partial charge < -0.3 is 10.1 Å². The molecule has 122 valence electrons. The summed E-state index contributed by atoms with van der Waals surface area (Å²) in [5.41, 5.74) is 0.593. The van der Waals surface area contributed by atoms with Gasteiger partial charge in [-0.3, -0.25) is 4.79 Å². The Balaban J connectivity index is 2.27. The molecule has 0 aliphatic rings. The number of amides is 1. The van der Waals surface area contributed by atoms with Crippen LogP contribution in [0.4, 0.5) is 5.00 Å². The Hall–Kier alpha value is -1.63. The molecule has 5 nitrogen and oxygen atoms in total. The normalized spacial score (nSPS) is 10.4. The zero-order valence-electron chi connectivity index (χ0n) is 12.5. The van der Waals surface area contributed by atoms with E-state index in [0.717, 1.165) is 11.3 Å². The molecule has 23 heavy (non-hydrogen) atoms. The van der Waals surface area contributed by atoms with Gasteiger partial charge in [-0.15, -0.1) is 11.3 Å². The van der Waals surface area contributed by atoms with E-state index in [1.165, 1.54) is 23.6 Å². The van der Waals surface area contributed by atoms with E-state index in [4.69, 9.17) is 27.9 Å². The van der Waals surface area contributed by atoms with Gasteiger partial charge in [-0.2, -0.15) is 0 Å². The molecule has 0 atom stereocenters. The van der Waals surface area contributed by atoms with Gasteiger partial charge >= 0.3 is 5.97 Å². The quantitative estimate of drug-likeness (QED) is 0.621. The van der Waals surface area contributed by atoms with Gasteiger partial charge in [0.2, 0.25) is 0 Å². The van der Waals surface area contributed by atoms with E-state index in [1.807, 2.05) is 6.92 Å². The Morgan fingerprint density at radius 3 is 2.65 bits per heavy atom. The number of aromatic nitrogens is 1. The third kappa shape index (κ3) is 4.22. The summed E-state index contributed by atoms with van der Waals surface area (Å²) in [6, 6.07) is 3.15. The number of hydrogen-bond donors (Lipinski definition) is 1. The number of esters is 1. The summed E-state index contributed by atoms with van der Waals surface area (Å²) >= 11 is 12.9. The minimum absolute atomic E-state index is 0.125. The maximum atomic E-state index is 12.3. The van der Waals surface area contributed by atoms with Gasteiger partial charge in [0, 0.05) is 11.1 Å². The highest BCUT2D eigenvalue weighted by Gasteiger charge is 2.19. The van der Waals surface area contributed by atoms with E-state index in [9.17, 15) is 9.59 Å². The summed E-state index contributed by atoms with van der Waals surface area (Å²) < 4.78 is 5.01. The number of hydrogen-bond acceptors (Lipinski definition) is 5. The van der Waals surface area contributed by atoms with Crippen molar-refractivity contribution in [1.82, 2.24) is 4.98 Å². The average Bonchev–Trinajstić information content (AvgIpc) is 2.93. The lowest BCUT2D eigenvalue weighted by atomic mass is 10.2. The number of nitrogens with zero attached hydrogens (tertiary/aromatic N) is 1. The molecule has 0 aromatic carbocycles. The summed E-state index contributed by atoms with van der Waals surface area (Å²) in [5.74, 6) is -0.892. The van der Waals surface area contributed by atoms with Crippen LogP contribution in [0.15, 0.2) is 18.3 Å². The van der Waals surface area contributed by atoms with Crippen molar-refractivity contribution in [3.8, 4) is 0 Å². The number of carbonyl (C=O) groups excluding carboxylic acids is 2. The molecular formula is C15H14Cl2N2O3S. The Morgan fingerprint density at radius 1 is 1.30 bits per heavy atom. The first-order chi connectivity index (χ1) is 11.0. The van der Waals surface area contributed by atoms with Crippen LogP contribution in [0.1, 0.15) is 39.4 Å². The van der Waals surface area contributed by atoms with E-state index in [0.29, 0.717) is 10.6 Å². The molecule has 2 rings (SSSR count). The summed E-state index contributed by atoms with van der Waals surface area (Å²) in [6.07, 6.45) is 2.07. The number of pyridine rings is 1. The summed E-state index contributed by atoms with van der Waals surface area (Å²) in [6.45, 7) is 3.96. The highest BCUT2D eigenvalue weighted by atomic mass is 35.5. The minimum atomic E-state index is -0.467. The highest BCUT2D eigenvalue weighted by molar-refractivity contribution is 7.16. The predicted octanol–water partition coefficient (Wildman–Crippen LogP) is 4.44. The van der Waals surface area contributed by atoms with E-state index < -0.39 is 11.9 Å². The lowest BCUT2D eigenvalue weighted by Gasteiger charge is -2.06. The summed E-state index contributed by atoms with van der Waals surface area (Å²) in [4.78, 5) is 29.1. The maximum Gasteiger partial charge on any atom is 0.341 e. The number of ether oxygens (including phenoxy) is 1. The smallest absolute Gasteiger partial charge is 0.341 e. The maximum absolute atomic E-state index is 12.3. The molecule has 1 N–H and O–H groups in total. The Morgan fingerprint density at radius 2 is 2.04 bits per heavy atom. The van der Waals surface area contributed by atoms with E-state index >= 15 is 0 Å². The van der Waals surface area contributed by atoms with Crippen molar-refractivity contribution in [2.75, 3.05) is 11.9 Å². The number of aryl methyl sites for hydroxylation is 1. The minimum Gasteiger partial charge on any atom is -0.462 e. The molecule has 0 radical (unpaired) electrons. The molecular weight excluding hydrogens is 359 g/mol. The van der Waals surface area contributed by atoms with Gasteiger partial charge in [-0.05, 0) is 25.5 Å². The van der Waals surface area contributed by atoms with Crippen molar-refractivity contribution in [3.05, 3.63) is 44.5 Å². The average molecular weight is 373 g/mol. The predicted molar refractivity (Wildman–Crippen MR) is 91.9 cm³/mol. The number of carbonyl (C=O) groups is 2. The largest absolute Gasteiger partial charge is 0.462 e. The lowest BCUT2D eigenvalue weighted by Crippen LogP contribution is -2.14. The SMILES string of the molecule is CCOC(=O)c1cc(CC)sc1NC(=O)c1cnc(Cl)c(Cl)c1. The molecule has 1 amide bonds. The van der Waals surface area contributed by atoms with Gasteiger partial charge in [0.25, 0.3) is 5.91 Å². The fourth-order valence-electron chi connectivity index (χ4n) is 1.79. The number of anilines is 1. The second kappa shape index (κ2) is 7.77. The highest BCUT2D eigenvalue weighted by Crippen LogP contribution is 2.30. The van der Waals surface area contributed by atoms with Crippen molar-refractivity contribution in [3.63, 3.8) is 0 Å². The Kier molecular flexibility index (Phi) is 5.98. The second-order valence-electron chi connectivity index (χ2n) is 4.48. The van der Waals surface area contributed by atoms with Crippen molar-refractivity contribution < 1.29 is 14.3 Å². The lowest BCUT2D eigenvalue weighted by molar-refractivity contribution is 0.0528. The van der Waals surface area contributed by atoms with Crippen molar-refractivity contribution in [1.29, 1.82) is 0 Å². The van der Waals surface area contributed by atoms with Crippen molar-refractivity contribution >= 4 is 51.4 Å². The van der Waals surface area contributed by atoms with Crippen LogP contribution in [0.25, 0.3) is 0 Å². The van der Waals surface area contributed by atoms with Crippen LogP contribution in [0.5, 0.6) is 0 Å². The zero-order valence-corrected chi connectivity index (χ0v) is 14.8. The van der Waals surface area contributed by atoms with Gasteiger partial charge in [-0.1, -0.05) is 30.1 Å². The van der Waals surface area contributed by atoms with Gasteiger partial charge in [0.05, 0.1) is 22.8 Å². The Bertz CT molecular complexity index is 746. The van der Waals surface area contributed by atoms with Crippen LogP contribution in [0.3, 0.4) is 0 Å². The van der Waals surface area contributed by atoms with Crippen LogP contribution in [0, 0.1) is 0 Å². The summed E-state index contributed by atoms with van der Waals surface area (Å²) in [5, 5.41) is 3.46. The molecule has 2 heterocycles. The molecule has 0 saturated carbocycles. The zero-order chi connectivity index (χ0) is 17.0. The number of thiophene rings is 1. The fourth-order valence-corrected chi connectivity index (χ4v) is 3.04. The van der Waals surface area contributed by atoms with Crippen LogP contribution >= 0.6 is 34.5 Å². The van der Waals surface area contributed by atoms with E-state index in [1.54, 1.807) is 13.0 Å². The number of halogens is 2. The number of nitrogens with one attached hydrogen (secondary N) is 1. The van der Waals surface area contributed by atoms with Crippen molar-refractivity contribution in [2.45, 2.75) is 20.3 Å². The van der Waals surface area contributed by atoms with Crippen LogP contribution in [0.2, 0.25) is 10.2 Å². The van der Waals surface area contributed by atoms with E-state index in [2.05, 4.69) is 10.3 Å². The number of rotatable bonds is 5. The third-order valence-corrected chi connectivity index (χ3v) is 4.79. The third-order valence-electron chi connectivity index (χ3n) is 2.91. The van der Waals surface area contributed by atoms with Gasteiger partial charge in [0.1, 0.15) is 10.2 Å². The molecule has 0 bridgehead atoms. The fraction of sp³-hybridized carbons (Fsp3) is 0.267. The van der Waals surface area contributed by atoms with Crippen LogP contribution < -0.4 is 5.32 Å². The molecule has 8 heteroatoms. The molecule has 0 aliphatic carbocycles. The van der Waals surface area contributed by atoms with Gasteiger partial charge in [-0.25, -0.2) is 9.78 Å². The van der Waals surface area contributed by atoms with Gasteiger partial charge in [0.15, 0.2) is 0 Å². The molecule has 0 spiro atoms. The molecule has 2 aromatic heterocycles. The second-order valence-corrected chi connectivity index (χ2v) is 6.38.